The van der Waals surface area contributed by atoms with Gasteiger partial charge in [0.25, 0.3) is 5.91 Å². The predicted octanol–water partition coefficient (Wildman–Crippen LogP) is 3.26. The third-order valence-corrected chi connectivity index (χ3v) is 3.81. The van der Waals surface area contributed by atoms with E-state index in [1.165, 1.54) is 6.92 Å². The standard InChI is InChI=1S/C16H17BrN2O3/c1-10(20)11-7-14(18-8-11)16(21)19(2)9-12-6-13(17)4-5-15(12)22-3/h4-8,18H,9H2,1-3H3. The number of Topliss-reactive ketones (excluding diaryl/α,β-unsaturated/α-hetero) is 1. The molecule has 1 heterocycles. The number of ether oxygens (including phenoxy) is 1. The second-order valence-corrected chi connectivity index (χ2v) is 5.89. The van der Waals surface area contributed by atoms with Gasteiger partial charge in [-0.05, 0) is 31.2 Å². The van der Waals surface area contributed by atoms with Gasteiger partial charge in [-0.1, -0.05) is 15.9 Å². The van der Waals surface area contributed by atoms with Gasteiger partial charge in [-0.2, -0.15) is 0 Å². The number of carbonyl (C=O) groups is 2. The molecule has 0 saturated heterocycles. The van der Waals surface area contributed by atoms with Crippen LogP contribution in [0.15, 0.2) is 34.9 Å². The number of aromatic nitrogens is 1. The van der Waals surface area contributed by atoms with Crippen LogP contribution in [-0.4, -0.2) is 35.7 Å². The van der Waals surface area contributed by atoms with Gasteiger partial charge in [0, 0.05) is 35.4 Å². The highest BCUT2D eigenvalue weighted by atomic mass is 79.9. The number of aromatic amines is 1. The van der Waals surface area contributed by atoms with Crippen LogP contribution in [0.25, 0.3) is 0 Å². The quantitative estimate of drug-likeness (QED) is 0.828. The van der Waals surface area contributed by atoms with Gasteiger partial charge < -0.3 is 14.6 Å². The number of hydrogen-bond acceptors (Lipinski definition) is 3. The molecule has 0 aliphatic carbocycles. The molecule has 0 fully saturated rings. The molecule has 1 N–H and O–H groups in total. The molecule has 0 radical (unpaired) electrons. The molecule has 0 unspecified atom stereocenters. The van der Waals surface area contributed by atoms with Crippen LogP contribution in [0.2, 0.25) is 0 Å². The monoisotopic (exact) mass is 364 g/mol. The number of hydrogen-bond donors (Lipinski definition) is 1. The summed E-state index contributed by atoms with van der Waals surface area (Å²) in [6, 6.07) is 7.21. The minimum Gasteiger partial charge on any atom is -0.496 e. The highest BCUT2D eigenvalue weighted by molar-refractivity contribution is 9.10. The summed E-state index contributed by atoms with van der Waals surface area (Å²) in [6.45, 7) is 1.86. The third kappa shape index (κ3) is 3.57. The van der Waals surface area contributed by atoms with E-state index in [0.717, 1.165) is 15.8 Å². The summed E-state index contributed by atoms with van der Waals surface area (Å²) in [5.41, 5.74) is 1.78. The molecule has 0 spiro atoms. The number of ketones is 1. The van der Waals surface area contributed by atoms with Crippen molar-refractivity contribution in [1.29, 1.82) is 0 Å². The van der Waals surface area contributed by atoms with E-state index in [9.17, 15) is 9.59 Å². The normalized spacial score (nSPS) is 10.4. The number of halogens is 1. The van der Waals surface area contributed by atoms with Crippen LogP contribution < -0.4 is 4.74 Å². The molecule has 2 rings (SSSR count). The van der Waals surface area contributed by atoms with E-state index in [2.05, 4.69) is 20.9 Å². The number of rotatable bonds is 5. The number of benzene rings is 1. The van der Waals surface area contributed by atoms with E-state index >= 15 is 0 Å². The summed E-state index contributed by atoms with van der Waals surface area (Å²) in [5.74, 6) is 0.458. The summed E-state index contributed by atoms with van der Waals surface area (Å²) in [5, 5.41) is 0. The smallest absolute Gasteiger partial charge is 0.270 e. The lowest BCUT2D eigenvalue weighted by Crippen LogP contribution is -2.26. The molecule has 1 amide bonds. The molecule has 1 aromatic heterocycles. The van der Waals surface area contributed by atoms with Crippen molar-refractivity contribution in [2.75, 3.05) is 14.2 Å². The highest BCUT2D eigenvalue weighted by Crippen LogP contribution is 2.24. The second kappa shape index (κ2) is 6.79. The SMILES string of the molecule is COc1ccc(Br)cc1CN(C)C(=O)c1cc(C(C)=O)c[nH]1. The summed E-state index contributed by atoms with van der Waals surface area (Å²) < 4.78 is 6.23. The van der Waals surface area contributed by atoms with E-state index in [1.54, 1.807) is 31.3 Å². The Morgan fingerprint density at radius 2 is 2.05 bits per heavy atom. The molecule has 0 aliphatic rings. The largest absolute Gasteiger partial charge is 0.496 e. The summed E-state index contributed by atoms with van der Waals surface area (Å²) in [6.07, 6.45) is 1.54. The lowest BCUT2D eigenvalue weighted by molar-refractivity contribution is 0.0779. The zero-order valence-corrected chi connectivity index (χ0v) is 14.2. The fourth-order valence-corrected chi connectivity index (χ4v) is 2.53. The molecule has 0 bridgehead atoms. The molecular formula is C16H17BrN2O3. The van der Waals surface area contributed by atoms with Gasteiger partial charge in [0.05, 0.1) is 7.11 Å². The third-order valence-electron chi connectivity index (χ3n) is 3.32. The molecule has 5 nitrogen and oxygen atoms in total. The first-order valence-electron chi connectivity index (χ1n) is 6.69. The van der Waals surface area contributed by atoms with Crippen LogP contribution >= 0.6 is 15.9 Å². The Kier molecular flexibility index (Phi) is 5.03. The molecule has 1 aromatic carbocycles. The van der Waals surface area contributed by atoms with Crippen LogP contribution in [0.5, 0.6) is 5.75 Å². The van der Waals surface area contributed by atoms with Gasteiger partial charge in [-0.3, -0.25) is 9.59 Å². The predicted molar refractivity (Wildman–Crippen MR) is 87.3 cm³/mol. The Balaban J connectivity index is 2.17. The van der Waals surface area contributed by atoms with Crippen molar-refractivity contribution in [3.05, 3.63) is 51.8 Å². The Morgan fingerprint density at radius 3 is 2.64 bits per heavy atom. The topological polar surface area (TPSA) is 62.4 Å². The molecule has 22 heavy (non-hydrogen) atoms. The van der Waals surface area contributed by atoms with Crippen LogP contribution in [0.1, 0.15) is 33.3 Å². The maximum Gasteiger partial charge on any atom is 0.270 e. The van der Waals surface area contributed by atoms with Crippen molar-refractivity contribution >= 4 is 27.6 Å². The van der Waals surface area contributed by atoms with Gasteiger partial charge in [-0.25, -0.2) is 0 Å². The zero-order valence-electron chi connectivity index (χ0n) is 12.6. The zero-order chi connectivity index (χ0) is 16.3. The first-order valence-corrected chi connectivity index (χ1v) is 7.49. The summed E-state index contributed by atoms with van der Waals surface area (Å²) >= 11 is 3.41. The molecule has 0 atom stereocenters. The van der Waals surface area contributed by atoms with Crippen LogP contribution in [-0.2, 0) is 6.54 Å². The lowest BCUT2D eigenvalue weighted by atomic mass is 10.2. The van der Waals surface area contributed by atoms with E-state index < -0.39 is 0 Å². The average molecular weight is 365 g/mol. The van der Waals surface area contributed by atoms with Gasteiger partial charge in [0.2, 0.25) is 0 Å². The minimum atomic E-state index is -0.186. The Bertz CT molecular complexity index is 709. The first kappa shape index (κ1) is 16.3. The van der Waals surface area contributed by atoms with Crippen molar-refractivity contribution in [2.24, 2.45) is 0 Å². The molecule has 0 aliphatic heterocycles. The van der Waals surface area contributed by atoms with E-state index in [1.807, 2.05) is 18.2 Å². The number of nitrogens with one attached hydrogen (secondary N) is 1. The second-order valence-electron chi connectivity index (χ2n) is 4.98. The van der Waals surface area contributed by atoms with Crippen molar-refractivity contribution in [3.8, 4) is 5.75 Å². The molecule has 2 aromatic rings. The minimum absolute atomic E-state index is 0.0772. The molecule has 6 heteroatoms. The van der Waals surface area contributed by atoms with Crippen molar-refractivity contribution < 1.29 is 14.3 Å². The highest BCUT2D eigenvalue weighted by Gasteiger charge is 2.17. The number of amides is 1. The summed E-state index contributed by atoms with van der Waals surface area (Å²) in [4.78, 5) is 28.1. The van der Waals surface area contributed by atoms with Crippen LogP contribution in [0, 0.1) is 0 Å². The van der Waals surface area contributed by atoms with Crippen molar-refractivity contribution in [1.82, 2.24) is 9.88 Å². The number of carbonyl (C=O) groups excluding carboxylic acids is 2. The van der Waals surface area contributed by atoms with Crippen molar-refractivity contribution in [3.63, 3.8) is 0 Å². The average Bonchev–Trinajstić information content (AvgIpc) is 2.96. The molecule has 0 saturated carbocycles. The Morgan fingerprint density at radius 1 is 1.32 bits per heavy atom. The number of methoxy groups -OCH3 is 1. The van der Waals surface area contributed by atoms with Gasteiger partial charge in [0.15, 0.2) is 5.78 Å². The summed E-state index contributed by atoms with van der Waals surface area (Å²) in [7, 11) is 3.30. The maximum atomic E-state index is 12.4. The van der Waals surface area contributed by atoms with Gasteiger partial charge in [-0.15, -0.1) is 0 Å². The first-order chi connectivity index (χ1) is 10.4. The van der Waals surface area contributed by atoms with E-state index in [0.29, 0.717) is 17.8 Å². The fourth-order valence-electron chi connectivity index (χ4n) is 2.12. The molecular weight excluding hydrogens is 348 g/mol. The van der Waals surface area contributed by atoms with Gasteiger partial charge in [0.1, 0.15) is 11.4 Å². The maximum absolute atomic E-state index is 12.4. The molecule has 116 valence electrons. The number of H-pyrrole nitrogens is 1. The lowest BCUT2D eigenvalue weighted by Gasteiger charge is -2.18. The van der Waals surface area contributed by atoms with E-state index in [4.69, 9.17) is 4.74 Å². The fraction of sp³-hybridized carbons (Fsp3) is 0.250. The number of nitrogens with zero attached hydrogens (tertiary/aromatic N) is 1. The van der Waals surface area contributed by atoms with Crippen molar-refractivity contribution in [2.45, 2.75) is 13.5 Å². The van der Waals surface area contributed by atoms with Gasteiger partial charge >= 0.3 is 0 Å². The van der Waals surface area contributed by atoms with Crippen LogP contribution in [0.4, 0.5) is 0 Å². The van der Waals surface area contributed by atoms with E-state index in [-0.39, 0.29) is 11.7 Å². The Labute approximate surface area is 137 Å². The Hall–Kier alpha value is -2.08. The van der Waals surface area contributed by atoms with Crippen LogP contribution in [0.3, 0.4) is 0 Å².